The van der Waals surface area contributed by atoms with Crippen LogP contribution in [0, 0.1) is 0 Å². The molecule has 0 saturated heterocycles. The summed E-state index contributed by atoms with van der Waals surface area (Å²) in [5.41, 5.74) is 2.80. The minimum Gasteiger partial charge on any atom is -0.497 e. The quantitative estimate of drug-likeness (QED) is 0.486. The number of urea groups is 1. The number of nitrogens with zero attached hydrogens (tertiary/aromatic N) is 1. The summed E-state index contributed by atoms with van der Waals surface area (Å²) in [5.74, 6) is 1.03. The van der Waals surface area contributed by atoms with E-state index in [0.717, 1.165) is 17.0 Å². The lowest BCUT2D eigenvalue weighted by Gasteiger charge is -2.08. The van der Waals surface area contributed by atoms with Gasteiger partial charge in [0.05, 0.1) is 12.8 Å². The molecule has 0 aliphatic heterocycles. The molecular formula is C22H24N4O5. The first kappa shape index (κ1) is 21.8. The Balaban J connectivity index is 1.43. The number of methoxy groups -OCH3 is 2. The molecule has 31 heavy (non-hydrogen) atoms. The van der Waals surface area contributed by atoms with Crippen molar-refractivity contribution in [1.29, 1.82) is 0 Å². The van der Waals surface area contributed by atoms with Crippen LogP contribution in [0.25, 0.3) is 11.5 Å². The van der Waals surface area contributed by atoms with Gasteiger partial charge in [0.1, 0.15) is 18.6 Å². The second-order valence-electron chi connectivity index (χ2n) is 6.56. The predicted molar refractivity (Wildman–Crippen MR) is 116 cm³/mol. The molecule has 0 aliphatic carbocycles. The molecule has 0 atom stereocenters. The molecule has 162 valence electrons. The van der Waals surface area contributed by atoms with Gasteiger partial charge in [-0.3, -0.25) is 4.79 Å². The van der Waals surface area contributed by atoms with Crippen molar-refractivity contribution in [3.63, 3.8) is 0 Å². The summed E-state index contributed by atoms with van der Waals surface area (Å²) in [6, 6.07) is 13.9. The maximum absolute atomic E-state index is 12.1. The number of hydrogen-bond donors (Lipinski definition) is 3. The number of nitrogens with one attached hydrogen (secondary N) is 3. The van der Waals surface area contributed by atoms with Crippen LogP contribution >= 0.6 is 0 Å². The highest BCUT2D eigenvalue weighted by Gasteiger charge is 2.08. The van der Waals surface area contributed by atoms with Gasteiger partial charge in [0, 0.05) is 37.0 Å². The van der Waals surface area contributed by atoms with Crippen LogP contribution in [0.3, 0.4) is 0 Å². The maximum Gasteiger partial charge on any atom is 0.319 e. The van der Waals surface area contributed by atoms with Crippen molar-refractivity contribution in [2.45, 2.75) is 6.42 Å². The third-order valence-corrected chi connectivity index (χ3v) is 4.26. The molecule has 0 spiro atoms. The molecule has 1 heterocycles. The number of amides is 3. The van der Waals surface area contributed by atoms with E-state index < -0.39 is 0 Å². The molecular weight excluding hydrogens is 400 g/mol. The molecule has 3 rings (SSSR count). The van der Waals surface area contributed by atoms with Gasteiger partial charge in [0.25, 0.3) is 0 Å². The van der Waals surface area contributed by atoms with Crippen LogP contribution in [0.15, 0.2) is 59.2 Å². The van der Waals surface area contributed by atoms with E-state index in [4.69, 9.17) is 13.9 Å². The van der Waals surface area contributed by atoms with Crippen molar-refractivity contribution < 1.29 is 23.5 Å². The molecule has 3 aromatic rings. The van der Waals surface area contributed by atoms with Crippen molar-refractivity contribution in [2.24, 2.45) is 0 Å². The largest absolute Gasteiger partial charge is 0.497 e. The van der Waals surface area contributed by atoms with Gasteiger partial charge in [-0.1, -0.05) is 0 Å². The lowest BCUT2D eigenvalue weighted by Crippen LogP contribution is -2.30. The zero-order valence-corrected chi connectivity index (χ0v) is 17.3. The van der Waals surface area contributed by atoms with E-state index >= 15 is 0 Å². The van der Waals surface area contributed by atoms with Gasteiger partial charge in [-0.15, -0.1) is 0 Å². The molecule has 2 aromatic carbocycles. The first-order valence-corrected chi connectivity index (χ1v) is 9.60. The Morgan fingerprint density at radius 1 is 0.968 bits per heavy atom. The lowest BCUT2D eigenvalue weighted by atomic mass is 10.2. The van der Waals surface area contributed by atoms with Crippen LogP contribution in [0.4, 0.5) is 16.2 Å². The number of hydrogen-bond acceptors (Lipinski definition) is 6. The first-order chi connectivity index (χ1) is 15.1. The van der Waals surface area contributed by atoms with Crippen LogP contribution in [-0.4, -0.2) is 44.3 Å². The van der Waals surface area contributed by atoms with Crippen molar-refractivity contribution in [3.8, 4) is 17.2 Å². The molecule has 1 aromatic heterocycles. The highest BCUT2D eigenvalue weighted by Crippen LogP contribution is 2.21. The fraction of sp³-hybridized carbons (Fsp3) is 0.227. The predicted octanol–water partition coefficient (Wildman–Crippen LogP) is 3.30. The summed E-state index contributed by atoms with van der Waals surface area (Å²) < 4.78 is 15.4. The second-order valence-corrected chi connectivity index (χ2v) is 6.56. The summed E-state index contributed by atoms with van der Waals surface area (Å²) in [7, 11) is 3.06. The smallest absolute Gasteiger partial charge is 0.319 e. The summed E-state index contributed by atoms with van der Waals surface area (Å²) in [4.78, 5) is 28.0. The molecule has 3 amide bonds. The van der Waals surface area contributed by atoms with Gasteiger partial charge < -0.3 is 29.8 Å². The standard InChI is InChI=1S/C22H24N4O5/c1-29-14-20(27)24-16-5-7-17(8-6-16)26-22(28)23-12-11-18-13-31-21(25-18)15-3-9-19(30-2)10-4-15/h3-10,13H,11-12,14H2,1-2H3,(H,24,27)(H2,23,26,28). The average molecular weight is 424 g/mol. The Morgan fingerprint density at radius 2 is 1.65 bits per heavy atom. The summed E-state index contributed by atoms with van der Waals surface area (Å²) in [6.45, 7) is 0.376. The number of anilines is 2. The van der Waals surface area contributed by atoms with E-state index in [1.165, 1.54) is 7.11 Å². The fourth-order valence-electron chi connectivity index (χ4n) is 2.73. The van der Waals surface area contributed by atoms with Crippen LogP contribution in [0.5, 0.6) is 5.75 Å². The van der Waals surface area contributed by atoms with Crippen LogP contribution in [0.2, 0.25) is 0 Å². The molecule has 3 N–H and O–H groups in total. The van der Waals surface area contributed by atoms with E-state index in [9.17, 15) is 9.59 Å². The van der Waals surface area contributed by atoms with Crippen molar-refractivity contribution in [2.75, 3.05) is 38.0 Å². The van der Waals surface area contributed by atoms with Crippen LogP contribution in [0.1, 0.15) is 5.69 Å². The third kappa shape index (κ3) is 6.58. The third-order valence-electron chi connectivity index (χ3n) is 4.26. The molecule has 0 aliphatic rings. The Hall–Kier alpha value is -3.85. The molecule has 0 radical (unpaired) electrons. The molecule has 9 nitrogen and oxygen atoms in total. The number of carbonyl (C=O) groups excluding carboxylic acids is 2. The summed E-state index contributed by atoms with van der Waals surface area (Å²) >= 11 is 0. The van der Waals surface area contributed by atoms with E-state index in [1.807, 2.05) is 24.3 Å². The van der Waals surface area contributed by atoms with Crippen LogP contribution < -0.4 is 20.7 Å². The zero-order chi connectivity index (χ0) is 22.1. The lowest BCUT2D eigenvalue weighted by molar-refractivity contribution is -0.119. The Bertz CT molecular complexity index is 1000. The molecule has 9 heteroatoms. The second kappa shape index (κ2) is 10.8. The summed E-state index contributed by atoms with van der Waals surface area (Å²) in [6.07, 6.45) is 2.10. The van der Waals surface area contributed by atoms with Gasteiger partial charge in [-0.05, 0) is 48.5 Å². The van der Waals surface area contributed by atoms with Gasteiger partial charge >= 0.3 is 6.03 Å². The highest BCUT2D eigenvalue weighted by atomic mass is 16.5. The average Bonchev–Trinajstić information content (AvgIpc) is 3.24. The molecule has 0 unspecified atom stereocenters. The Morgan fingerprint density at radius 3 is 2.29 bits per heavy atom. The molecule has 0 saturated carbocycles. The maximum atomic E-state index is 12.1. The fourth-order valence-corrected chi connectivity index (χ4v) is 2.73. The molecule has 0 fully saturated rings. The SMILES string of the molecule is COCC(=O)Nc1ccc(NC(=O)NCCc2coc(-c3ccc(OC)cc3)n2)cc1. The van der Waals surface area contributed by atoms with Gasteiger partial charge in [0.15, 0.2) is 0 Å². The van der Waals surface area contributed by atoms with Crippen molar-refractivity contribution >= 4 is 23.3 Å². The van der Waals surface area contributed by atoms with Gasteiger partial charge in [-0.2, -0.15) is 0 Å². The van der Waals surface area contributed by atoms with Crippen molar-refractivity contribution in [3.05, 3.63) is 60.5 Å². The van der Waals surface area contributed by atoms with E-state index in [0.29, 0.717) is 30.2 Å². The summed E-state index contributed by atoms with van der Waals surface area (Å²) in [5, 5.41) is 8.19. The van der Waals surface area contributed by atoms with Gasteiger partial charge in [0.2, 0.25) is 11.8 Å². The molecule has 0 bridgehead atoms. The number of carbonyl (C=O) groups is 2. The Kier molecular flexibility index (Phi) is 7.61. The van der Waals surface area contributed by atoms with Crippen LogP contribution in [-0.2, 0) is 16.0 Å². The van der Waals surface area contributed by atoms with Crippen molar-refractivity contribution in [1.82, 2.24) is 10.3 Å². The number of oxazole rings is 1. The minimum atomic E-state index is -0.338. The first-order valence-electron chi connectivity index (χ1n) is 9.60. The van der Waals surface area contributed by atoms with E-state index in [-0.39, 0.29) is 18.5 Å². The van der Waals surface area contributed by atoms with Gasteiger partial charge in [-0.25, -0.2) is 9.78 Å². The van der Waals surface area contributed by atoms with E-state index in [1.54, 1.807) is 37.6 Å². The Labute approximate surface area is 179 Å². The monoisotopic (exact) mass is 424 g/mol. The highest BCUT2D eigenvalue weighted by molar-refractivity contribution is 5.93. The topological polar surface area (TPSA) is 115 Å². The normalized spacial score (nSPS) is 10.4. The number of aromatic nitrogens is 1. The number of ether oxygens (including phenoxy) is 2. The van der Waals surface area contributed by atoms with E-state index in [2.05, 4.69) is 20.9 Å². The zero-order valence-electron chi connectivity index (χ0n) is 17.3. The number of rotatable bonds is 9. The minimum absolute atomic E-state index is 0.0183. The number of benzene rings is 2.